The first kappa shape index (κ1) is 13.3. The van der Waals surface area contributed by atoms with Gasteiger partial charge >= 0.3 is 0 Å². The van der Waals surface area contributed by atoms with Crippen LogP contribution in [0.5, 0.6) is 0 Å². The van der Waals surface area contributed by atoms with E-state index in [9.17, 15) is 0 Å². The minimum atomic E-state index is 0.456. The molecule has 1 nitrogen and oxygen atoms in total. The van der Waals surface area contributed by atoms with E-state index in [4.69, 9.17) is 16.3 Å². The topological polar surface area (TPSA) is 9.23 Å². The Bertz CT molecular complexity index is 149. The molecule has 2 atom stereocenters. The molecule has 1 aliphatic rings. The van der Waals surface area contributed by atoms with Crippen LogP contribution in [-0.4, -0.2) is 18.6 Å². The van der Waals surface area contributed by atoms with E-state index in [1.54, 1.807) is 0 Å². The summed E-state index contributed by atoms with van der Waals surface area (Å²) in [6.07, 6.45) is 10.9. The monoisotopic (exact) mass is 232 g/mol. The second kappa shape index (κ2) is 8.41. The molecule has 1 rings (SSSR count). The highest BCUT2D eigenvalue weighted by atomic mass is 35.5. The van der Waals surface area contributed by atoms with Gasteiger partial charge in [-0.25, -0.2) is 0 Å². The molecule has 1 fully saturated rings. The average molecular weight is 233 g/mol. The first-order chi connectivity index (χ1) is 7.38. The van der Waals surface area contributed by atoms with Gasteiger partial charge in [-0.3, -0.25) is 0 Å². The molecular weight excluding hydrogens is 208 g/mol. The van der Waals surface area contributed by atoms with E-state index in [-0.39, 0.29) is 0 Å². The molecule has 0 aromatic carbocycles. The van der Waals surface area contributed by atoms with Crippen LogP contribution in [0.3, 0.4) is 0 Å². The van der Waals surface area contributed by atoms with Crippen molar-refractivity contribution in [2.24, 2.45) is 5.92 Å². The van der Waals surface area contributed by atoms with Crippen LogP contribution in [0.25, 0.3) is 0 Å². The van der Waals surface area contributed by atoms with Gasteiger partial charge in [0, 0.05) is 12.5 Å². The lowest BCUT2D eigenvalue weighted by molar-refractivity contribution is -0.0247. The van der Waals surface area contributed by atoms with Crippen molar-refractivity contribution in [1.82, 2.24) is 0 Å². The zero-order valence-corrected chi connectivity index (χ0v) is 10.8. The van der Waals surface area contributed by atoms with Gasteiger partial charge in [0.05, 0.1) is 6.10 Å². The number of rotatable bonds is 7. The van der Waals surface area contributed by atoms with Crippen LogP contribution in [0.15, 0.2) is 0 Å². The van der Waals surface area contributed by atoms with Crippen LogP contribution < -0.4 is 0 Å². The van der Waals surface area contributed by atoms with E-state index in [2.05, 4.69) is 6.92 Å². The van der Waals surface area contributed by atoms with Crippen molar-refractivity contribution in [3.8, 4) is 0 Å². The van der Waals surface area contributed by atoms with Crippen molar-refractivity contribution in [2.75, 3.05) is 12.5 Å². The van der Waals surface area contributed by atoms with E-state index in [0.717, 1.165) is 12.5 Å². The Morgan fingerprint density at radius 2 is 2.00 bits per heavy atom. The summed E-state index contributed by atoms with van der Waals surface area (Å²) in [4.78, 5) is 0. The molecule has 0 saturated carbocycles. The first-order valence-electron chi connectivity index (χ1n) is 6.56. The first-order valence-corrected chi connectivity index (χ1v) is 7.09. The summed E-state index contributed by atoms with van der Waals surface area (Å²) in [7, 11) is 0. The highest BCUT2D eigenvalue weighted by molar-refractivity contribution is 6.18. The maximum absolute atomic E-state index is 5.96. The second-order valence-electron chi connectivity index (χ2n) is 4.67. The second-order valence-corrected chi connectivity index (χ2v) is 4.98. The van der Waals surface area contributed by atoms with Crippen LogP contribution in [0.4, 0.5) is 0 Å². The van der Waals surface area contributed by atoms with Crippen LogP contribution >= 0.6 is 11.6 Å². The summed E-state index contributed by atoms with van der Waals surface area (Å²) >= 11 is 5.96. The molecule has 90 valence electrons. The van der Waals surface area contributed by atoms with Crippen LogP contribution in [0.2, 0.25) is 0 Å². The summed E-state index contributed by atoms with van der Waals surface area (Å²) in [5, 5.41) is 0. The Kier molecular flexibility index (Phi) is 7.46. The summed E-state index contributed by atoms with van der Waals surface area (Å²) in [6, 6.07) is 0. The molecular formula is C13H25ClO. The normalized spacial score (nSPS) is 26.8. The lowest BCUT2D eigenvalue weighted by Gasteiger charge is -2.30. The smallest absolute Gasteiger partial charge is 0.0614 e. The molecule has 2 unspecified atom stereocenters. The zero-order chi connectivity index (χ0) is 10.9. The van der Waals surface area contributed by atoms with E-state index in [0.29, 0.717) is 12.0 Å². The Balaban J connectivity index is 2.07. The summed E-state index contributed by atoms with van der Waals surface area (Å²) < 4.78 is 5.80. The van der Waals surface area contributed by atoms with E-state index in [1.807, 2.05) is 0 Å². The molecule has 1 aliphatic heterocycles. The van der Waals surface area contributed by atoms with Gasteiger partial charge in [0.25, 0.3) is 0 Å². The minimum absolute atomic E-state index is 0.456. The van der Waals surface area contributed by atoms with Gasteiger partial charge in [-0.1, -0.05) is 39.0 Å². The standard InChI is InChI=1S/C13H25ClO/c1-2-3-4-5-6-9-13-12(11-14)8-7-10-15-13/h12-13H,2-11H2,1H3. The Hall–Kier alpha value is 0.250. The number of unbranched alkanes of at least 4 members (excludes halogenated alkanes) is 4. The highest BCUT2D eigenvalue weighted by Crippen LogP contribution is 2.26. The van der Waals surface area contributed by atoms with Crippen molar-refractivity contribution in [3.05, 3.63) is 0 Å². The van der Waals surface area contributed by atoms with Gasteiger partial charge in [-0.2, -0.15) is 0 Å². The van der Waals surface area contributed by atoms with Crippen molar-refractivity contribution in [2.45, 2.75) is 64.4 Å². The third-order valence-corrected chi connectivity index (χ3v) is 3.76. The molecule has 0 bridgehead atoms. The molecule has 15 heavy (non-hydrogen) atoms. The predicted molar refractivity (Wildman–Crippen MR) is 66.6 cm³/mol. The quantitative estimate of drug-likeness (QED) is 0.468. The van der Waals surface area contributed by atoms with Crippen LogP contribution in [0, 0.1) is 5.92 Å². The molecule has 0 aromatic heterocycles. The number of hydrogen-bond donors (Lipinski definition) is 0. The Morgan fingerprint density at radius 1 is 1.20 bits per heavy atom. The fourth-order valence-electron chi connectivity index (χ4n) is 2.35. The zero-order valence-electron chi connectivity index (χ0n) is 10.0. The summed E-state index contributed by atoms with van der Waals surface area (Å²) in [5.41, 5.74) is 0. The molecule has 1 saturated heterocycles. The van der Waals surface area contributed by atoms with Crippen molar-refractivity contribution in [3.63, 3.8) is 0 Å². The van der Waals surface area contributed by atoms with E-state index < -0.39 is 0 Å². The predicted octanol–water partition coefficient (Wildman–Crippen LogP) is 4.38. The molecule has 1 heterocycles. The molecule has 0 radical (unpaired) electrons. The maximum atomic E-state index is 5.96. The third kappa shape index (κ3) is 5.21. The minimum Gasteiger partial charge on any atom is -0.378 e. The van der Waals surface area contributed by atoms with Gasteiger partial charge in [0.2, 0.25) is 0 Å². The number of ether oxygens (including phenoxy) is 1. The largest absolute Gasteiger partial charge is 0.378 e. The molecule has 0 amide bonds. The number of hydrogen-bond acceptors (Lipinski definition) is 1. The lowest BCUT2D eigenvalue weighted by Crippen LogP contribution is -2.30. The summed E-state index contributed by atoms with van der Waals surface area (Å²) in [6.45, 7) is 3.21. The van der Waals surface area contributed by atoms with Gasteiger partial charge in [0.15, 0.2) is 0 Å². The SMILES string of the molecule is CCCCCCCC1OCCCC1CCl. The van der Waals surface area contributed by atoms with Gasteiger partial charge in [0.1, 0.15) is 0 Å². The van der Waals surface area contributed by atoms with Crippen LogP contribution in [0.1, 0.15) is 58.3 Å². The molecule has 0 spiro atoms. The average Bonchev–Trinajstić information content (AvgIpc) is 2.29. The fourth-order valence-corrected chi connectivity index (χ4v) is 2.70. The van der Waals surface area contributed by atoms with Crippen molar-refractivity contribution in [1.29, 1.82) is 0 Å². The van der Waals surface area contributed by atoms with Gasteiger partial charge in [-0.15, -0.1) is 11.6 Å². The lowest BCUT2D eigenvalue weighted by atomic mass is 9.92. The third-order valence-electron chi connectivity index (χ3n) is 3.37. The van der Waals surface area contributed by atoms with Gasteiger partial charge < -0.3 is 4.74 Å². The van der Waals surface area contributed by atoms with E-state index >= 15 is 0 Å². The Labute approximate surface area is 99.5 Å². The van der Waals surface area contributed by atoms with E-state index in [1.165, 1.54) is 51.4 Å². The molecule has 2 heteroatoms. The van der Waals surface area contributed by atoms with Crippen molar-refractivity contribution < 1.29 is 4.74 Å². The maximum Gasteiger partial charge on any atom is 0.0614 e. The molecule has 0 aromatic rings. The number of halogens is 1. The molecule has 0 N–H and O–H groups in total. The Morgan fingerprint density at radius 3 is 2.73 bits per heavy atom. The van der Waals surface area contributed by atoms with Crippen LogP contribution in [-0.2, 0) is 4.74 Å². The highest BCUT2D eigenvalue weighted by Gasteiger charge is 2.24. The summed E-state index contributed by atoms with van der Waals surface area (Å²) in [5.74, 6) is 1.39. The molecule has 0 aliphatic carbocycles. The fraction of sp³-hybridized carbons (Fsp3) is 1.00. The number of alkyl halides is 1. The van der Waals surface area contributed by atoms with Crippen molar-refractivity contribution >= 4 is 11.6 Å². The van der Waals surface area contributed by atoms with Gasteiger partial charge in [-0.05, 0) is 25.2 Å².